The number of hydrogen-bond donors (Lipinski definition) is 2. The number of methoxy groups -OCH3 is 1. The number of piperidine rings is 1. The van der Waals surface area contributed by atoms with Gasteiger partial charge in [0.25, 0.3) is 5.91 Å². The number of rotatable bonds is 6. The lowest BCUT2D eigenvalue weighted by Crippen LogP contribution is -2.44. The minimum atomic E-state index is -3.75. The zero-order valence-electron chi connectivity index (χ0n) is 16.0. The van der Waals surface area contributed by atoms with Gasteiger partial charge in [-0.05, 0) is 57.0 Å². The molecule has 1 aromatic rings. The number of nitrogens with zero attached hydrogens (tertiary/aromatic N) is 1. The minimum absolute atomic E-state index is 0.0291. The summed E-state index contributed by atoms with van der Waals surface area (Å²) in [6.45, 7) is 1.77. The highest BCUT2D eigenvalue weighted by molar-refractivity contribution is 7.89. The smallest absolute Gasteiger partial charge is 0.253 e. The highest BCUT2D eigenvalue weighted by Crippen LogP contribution is 2.28. The molecular formula is C19H29N3O4S. The molecule has 1 aliphatic carbocycles. The number of carbonyl (C=O) groups is 1. The molecule has 2 aliphatic rings. The fourth-order valence-electron chi connectivity index (χ4n) is 3.91. The molecule has 0 aromatic heterocycles. The van der Waals surface area contributed by atoms with Gasteiger partial charge in [0.2, 0.25) is 10.0 Å². The van der Waals surface area contributed by atoms with Gasteiger partial charge in [-0.1, -0.05) is 12.8 Å². The van der Waals surface area contributed by atoms with Gasteiger partial charge in [0, 0.05) is 24.7 Å². The molecule has 0 atom stereocenters. The van der Waals surface area contributed by atoms with Crippen LogP contribution in [-0.2, 0) is 10.0 Å². The second kappa shape index (κ2) is 8.58. The Kier molecular flexibility index (Phi) is 6.39. The first-order valence-electron chi connectivity index (χ1n) is 9.60. The molecule has 2 N–H and O–H groups in total. The van der Waals surface area contributed by atoms with Crippen molar-refractivity contribution in [2.75, 3.05) is 27.2 Å². The van der Waals surface area contributed by atoms with Crippen molar-refractivity contribution in [2.24, 2.45) is 0 Å². The zero-order chi connectivity index (χ0) is 19.4. The lowest BCUT2D eigenvalue weighted by Gasteiger charge is -2.31. The minimum Gasteiger partial charge on any atom is -0.495 e. The van der Waals surface area contributed by atoms with Crippen molar-refractivity contribution >= 4 is 15.9 Å². The van der Waals surface area contributed by atoms with E-state index in [-0.39, 0.29) is 28.6 Å². The lowest BCUT2D eigenvalue weighted by atomic mass is 10.0. The quantitative estimate of drug-likeness (QED) is 0.766. The van der Waals surface area contributed by atoms with Gasteiger partial charge in [0.15, 0.2) is 0 Å². The van der Waals surface area contributed by atoms with Crippen LogP contribution in [-0.4, -0.2) is 58.6 Å². The summed E-state index contributed by atoms with van der Waals surface area (Å²) in [5.41, 5.74) is 0.364. The SMILES string of the molecule is COc1ccc(C(=O)N(C)C2CCNCC2)cc1S(=O)(=O)NC1CCCC1. The van der Waals surface area contributed by atoms with Crippen molar-refractivity contribution < 1.29 is 17.9 Å². The first-order chi connectivity index (χ1) is 12.9. The summed E-state index contributed by atoms with van der Waals surface area (Å²) in [6, 6.07) is 4.75. The van der Waals surface area contributed by atoms with Crippen LogP contribution in [0, 0.1) is 0 Å². The van der Waals surface area contributed by atoms with Gasteiger partial charge in [-0.3, -0.25) is 4.79 Å². The van der Waals surface area contributed by atoms with Crippen molar-refractivity contribution in [1.82, 2.24) is 14.9 Å². The molecule has 1 saturated heterocycles. The molecule has 1 aromatic carbocycles. The number of amides is 1. The van der Waals surface area contributed by atoms with E-state index in [0.29, 0.717) is 5.56 Å². The summed E-state index contributed by atoms with van der Waals surface area (Å²) in [5.74, 6) is 0.0865. The van der Waals surface area contributed by atoms with E-state index in [1.165, 1.54) is 13.2 Å². The fraction of sp³-hybridized carbons (Fsp3) is 0.632. The van der Waals surface area contributed by atoms with Gasteiger partial charge < -0.3 is 15.0 Å². The Hall–Kier alpha value is -1.64. The van der Waals surface area contributed by atoms with Crippen molar-refractivity contribution in [3.8, 4) is 5.75 Å². The molecule has 0 radical (unpaired) electrons. The molecular weight excluding hydrogens is 366 g/mol. The molecule has 7 nitrogen and oxygen atoms in total. The van der Waals surface area contributed by atoms with Gasteiger partial charge >= 0.3 is 0 Å². The van der Waals surface area contributed by atoms with Crippen LogP contribution in [0.3, 0.4) is 0 Å². The summed E-state index contributed by atoms with van der Waals surface area (Å²) in [5, 5.41) is 3.28. The van der Waals surface area contributed by atoms with Crippen molar-refractivity contribution in [3.63, 3.8) is 0 Å². The highest BCUT2D eigenvalue weighted by Gasteiger charge is 2.28. The monoisotopic (exact) mass is 395 g/mol. The summed E-state index contributed by atoms with van der Waals surface area (Å²) < 4.78 is 33.8. The first-order valence-corrected chi connectivity index (χ1v) is 11.1. The predicted octanol–water partition coefficient (Wildman–Crippen LogP) is 1.74. The molecule has 3 rings (SSSR count). The summed E-state index contributed by atoms with van der Waals surface area (Å²) >= 11 is 0. The Bertz CT molecular complexity index is 769. The van der Waals surface area contributed by atoms with Crippen LogP contribution < -0.4 is 14.8 Å². The number of ether oxygens (including phenoxy) is 1. The summed E-state index contributed by atoms with van der Waals surface area (Å²) in [6.07, 6.45) is 5.55. The maximum absolute atomic E-state index is 12.9. The van der Waals surface area contributed by atoms with E-state index in [4.69, 9.17) is 4.74 Å². The summed E-state index contributed by atoms with van der Waals surface area (Å²) in [4.78, 5) is 14.7. The van der Waals surface area contributed by atoms with Gasteiger partial charge in [0.1, 0.15) is 10.6 Å². The second-order valence-corrected chi connectivity index (χ2v) is 9.05. The van der Waals surface area contributed by atoms with Gasteiger partial charge in [0.05, 0.1) is 7.11 Å². The first kappa shape index (κ1) is 20.1. The average molecular weight is 396 g/mol. The van der Waals surface area contributed by atoms with Crippen molar-refractivity contribution in [2.45, 2.75) is 55.5 Å². The van der Waals surface area contributed by atoms with E-state index < -0.39 is 10.0 Å². The van der Waals surface area contributed by atoms with Gasteiger partial charge in [-0.2, -0.15) is 0 Å². The number of hydrogen-bond acceptors (Lipinski definition) is 5. The van der Waals surface area contributed by atoms with Crippen LogP contribution in [0.25, 0.3) is 0 Å². The third kappa shape index (κ3) is 4.62. The van der Waals surface area contributed by atoms with Crippen LogP contribution in [0.5, 0.6) is 5.75 Å². The Morgan fingerprint density at radius 2 is 1.85 bits per heavy atom. The van der Waals surface area contributed by atoms with Crippen molar-refractivity contribution in [3.05, 3.63) is 23.8 Å². The van der Waals surface area contributed by atoms with E-state index in [2.05, 4.69) is 10.0 Å². The molecule has 8 heteroatoms. The van der Waals surface area contributed by atoms with Crippen LogP contribution in [0.1, 0.15) is 48.9 Å². The normalized spacial score (nSPS) is 19.2. The second-order valence-electron chi connectivity index (χ2n) is 7.37. The third-order valence-corrected chi connectivity index (χ3v) is 7.10. The van der Waals surface area contributed by atoms with E-state index >= 15 is 0 Å². The average Bonchev–Trinajstić information content (AvgIpc) is 3.19. The van der Waals surface area contributed by atoms with E-state index in [1.54, 1.807) is 24.1 Å². The zero-order valence-corrected chi connectivity index (χ0v) is 16.8. The Morgan fingerprint density at radius 1 is 1.19 bits per heavy atom. The van der Waals surface area contributed by atoms with E-state index in [1.807, 2.05) is 0 Å². The van der Waals surface area contributed by atoms with E-state index in [0.717, 1.165) is 51.6 Å². The Labute approximate surface area is 161 Å². The molecule has 0 bridgehead atoms. The number of nitrogens with one attached hydrogen (secondary N) is 2. The maximum Gasteiger partial charge on any atom is 0.253 e. The largest absolute Gasteiger partial charge is 0.495 e. The number of benzene rings is 1. The Balaban J connectivity index is 1.85. The lowest BCUT2D eigenvalue weighted by molar-refractivity contribution is 0.0703. The van der Waals surface area contributed by atoms with Crippen LogP contribution >= 0.6 is 0 Å². The van der Waals surface area contributed by atoms with E-state index in [9.17, 15) is 13.2 Å². The molecule has 1 heterocycles. The van der Waals surface area contributed by atoms with Crippen molar-refractivity contribution in [1.29, 1.82) is 0 Å². The molecule has 27 heavy (non-hydrogen) atoms. The third-order valence-electron chi connectivity index (χ3n) is 5.55. The number of carbonyl (C=O) groups excluding carboxylic acids is 1. The molecule has 1 saturated carbocycles. The molecule has 0 spiro atoms. The predicted molar refractivity (Wildman–Crippen MR) is 104 cm³/mol. The fourth-order valence-corrected chi connectivity index (χ4v) is 5.41. The van der Waals surface area contributed by atoms with Crippen LogP contribution in [0.4, 0.5) is 0 Å². The maximum atomic E-state index is 12.9. The van der Waals surface area contributed by atoms with Crippen LogP contribution in [0.15, 0.2) is 23.1 Å². The number of sulfonamides is 1. The molecule has 2 fully saturated rings. The topological polar surface area (TPSA) is 87.7 Å². The standard InChI is InChI=1S/C19H29N3O4S/c1-22(16-9-11-20-12-10-16)19(23)14-7-8-17(26-2)18(13-14)27(24,25)21-15-5-3-4-6-15/h7-8,13,15-16,20-21H,3-6,9-12H2,1-2H3. The Morgan fingerprint density at radius 3 is 2.48 bits per heavy atom. The summed E-state index contributed by atoms with van der Waals surface area (Å²) in [7, 11) is -0.526. The van der Waals surface area contributed by atoms with Gasteiger partial charge in [-0.15, -0.1) is 0 Å². The molecule has 1 aliphatic heterocycles. The molecule has 1 amide bonds. The molecule has 150 valence electrons. The van der Waals surface area contributed by atoms with Gasteiger partial charge in [-0.25, -0.2) is 13.1 Å². The molecule has 0 unspecified atom stereocenters. The van der Waals surface area contributed by atoms with Crippen LogP contribution in [0.2, 0.25) is 0 Å². The highest BCUT2D eigenvalue weighted by atomic mass is 32.2.